The topological polar surface area (TPSA) is 61.0 Å². The van der Waals surface area contributed by atoms with Crippen LogP contribution in [0.1, 0.15) is 11.3 Å². The van der Waals surface area contributed by atoms with Gasteiger partial charge in [0.2, 0.25) is 5.88 Å². The molecule has 0 aliphatic rings. The number of hydrogen-bond donors (Lipinski definition) is 1. The number of nitrogens with zero attached hydrogens (tertiary/aromatic N) is 2. The minimum absolute atomic E-state index is 0.0741. The number of aromatic nitrogens is 2. The Balaban J connectivity index is 2.25. The molecule has 2 rings (SSSR count). The van der Waals surface area contributed by atoms with Crippen LogP contribution in [0.25, 0.3) is 0 Å². The molecule has 0 fully saturated rings. The van der Waals surface area contributed by atoms with Gasteiger partial charge in [-0.1, -0.05) is 17.7 Å². The predicted molar refractivity (Wildman–Crippen MR) is 66.5 cm³/mol. The first-order valence-electron chi connectivity index (χ1n) is 5.48. The van der Waals surface area contributed by atoms with Crippen LogP contribution in [0.15, 0.2) is 30.3 Å². The molecule has 0 aliphatic heterocycles. The highest BCUT2D eigenvalue weighted by atomic mass is 35.5. The molecule has 4 nitrogen and oxygen atoms in total. The fourth-order valence-electron chi connectivity index (χ4n) is 1.47. The molecule has 0 bridgehead atoms. The van der Waals surface area contributed by atoms with E-state index >= 15 is 0 Å². The Hall–Kier alpha value is -1.86. The molecule has 0 aliphatic carbocycles. The Morgan fingerprint density at radius 1 is 1.15 bits per heavy atom. The Morgan fingerprint density at radius 3 is 2.45 bits per heavy atom. The molecule has 0 radical (unpaired) electrons. The van der Waals surface area contributed by atoms with Gasteiger partial charge in [-0.2, -0.15) is 13.2 Å². The molecule has 0 saturated heterocycles. The van der Waals surface area contributed by atoms with Gasteiger partial charge in [0.25, 0.3) is 0 Å². The molecule has 1 heterocycles. The summed E-state index contributed by atoms with van der Waals surface area (Å²) >= 11 is 5.94. The van der Waals surface area contributed by atoms with E-state index < -0.39 is 11.9 Å². The average Bonchev–Trinajstić information content (AvgIpc) is 2.38. The Morgan fingerprint density at radius 2 is 1.90 bits per heavy atom. The summed E-state index contributed by atoms with van der Waals surface area (Å²) in [5.41, 5.74) is 4.99. The highest BCUT2D eigenvalue weighted by Gasteiger charge is 2.33. The zero-order chi connectivity index (χ0) is 14.8. The first-order chi connectivity index (χ1) is 9.41. The van der Waals surface area contributed by atoms with E-state index in [9.17, 15) is 13.2 Å². The maximum Gasteiger partial charge on any atom is 0.435 e. The van der Waals surface area contributed by atoms with Crippen molar-refractivity contribution >= 4 is 11.6 Å². The van der Waals surface area contributed by atoms with Gasteiger partial charge in [0.1, 0.15) is 5.75 Å². The van der Waals surface area contributed by atoms with Crippen LogP contribution in [0.2, 0.25) is 5.02 Å². The van der Waals surface area contributed by atoms with E-state index in [2.05, 4.69) is 10.2 Å². The molecule has 2 aromatic rings. The average molecular weight is 304 g/mol. The molecular formula is C12H9ClF3N3O. The van der Waals surface area contributed by atoms with Crippen molar-refractivity contribution in [2.75, 3.05) is 0 Å². The lowest BCUT2D eigenvalue weighted by Gasteiger charge is -2.10. The van der Waals surface area contributed by atoms with Crippen LogP contribution < -0.4 is 10.5 Å². The number of nitrogens with two attached hydrogens (primary N) is 1. The van der Waals surface area contributed by atoms with Crippen LogP contribution in [0.3, 0.4) is 0 Å². The van der Waals surface area contributed by atoms with Crippen LogP contribution in [-0.4, -0.2) is 10.2 Å². The maximum atomic E-state index is 12.3. The number of ether oxygens (including phenoxy) is 1. The molecule has 0 amide bonds. The first-order valence-corrected chi connectivity index (χ1v) is 5.86. The second-order valence-electron chi connectivity index (χ2n) is 3.78. The molecule has 0 spiro atoms. The molecule has 0 unspecified atom stereocenters. The van der Waals surface area contributed by atoms with Crippen molar-refractivity contribution in [1.82, 2.24) is 10.2 Å². The summed E-state index contributed by atoms with van der Waals surface area (Å²) in [6.45, 7) is 0.128. The molecule has 20 heavy (non-hydrogen) atoms. The van der Waals surface area contributed by atoms with Crippen LogP contribution in [0.4, 0.5) is 13.2 Å². The minimum atomic E-state index is -4.54. The van der Waals surface area contributed by atoms with Gasteiger partial charge in [-0.15, -0.1) is 10.2 Å². The van der Waals surface area contributed by atoms with Crippen molar-refractivity contribution in [3.63, 3.8) is 0 Å². The molecule has 0 saturated carbocycles. The molecule has 1 aromatic carbocycles. The summed E-state index contributed by atoms with van der Waals surface area (Å²) in [6.07, 6.45) is -4.54. The van der Waals surface area contributed by atoms with Gasteiger partial charge in [0.15, 0.2) is 5.69 Å². The van der Waals surface area contributed by atoms with Crippen molar-refractivity contribution < 1.29 is 17.9 Å². The maximum absolute atomic E-state index is 12.3. The SMILES string of the molecule is NCc1c(Cl)cccc1Oc1ccc(C(F)(F)F)nn1. The minimum Gasteiger partial charge on any atom is -0.437 e. The second-order valence-corrected chi connectivity index (χ2v) is 4.18. The molecule has 2 N–H and O–H groups in total. The predicted octanol–water partition coefficient (Wildman–Crippen LogP) is 3.40. The van der Waals surface area contributed by atoms with Crippen molar-refractivity contribution in [2.24, 2.45) is 5.73 Å². The summed E-state index contributed by atoms with van der Waals surface area (Å²) in [4.78, 5) is 0. The molecule has 1 aromatic heterocycles. The van der Waals surface area contributed by atoms with Crippen LogP contribution in [0, 0.1) is 0 Å². The third-order valence-electron chi connectivity index (χ3n) is 2.43. The third-order valence-corrected chi connectivity index (χ3v) is 2.78. The molecule has 0 atom stereocenters. The van der Waals surface area contributed by atoms with E-state index in [4.69, 9.17) is 22.1 Å². The van der Waals surface area contributed by atoms with Gasteiger partial charge in [0.05, 0.1) is 0 Å². The fraction of sp³-hybridized carbons (Fsp3) is 0.167. The lowest BCUT2D eigenvalue weighted by Crippen LogP contribution is -2.09. The second kappa shape index (κ2) is 5.64. The standard InChI is InChI=1S/C12H9ClF3N3O/c13-8-2-1-3-9(7(8)6-17)20-11-5-4-10(18-19-11)12(14,15)16/h1-5H,6,17H2. The van der Waals surface area contributed by atoms with E-state index in [0.717, 1.165) is 12.1 Å². The lowest BCUT2D eigenvalue weighted by molar-refractivity contribution is -0.141. The van der Waals surface area contributed by atoms with Gasteiger partial charge in [-0.05, 0) is 18.2 Å². The first kappa shape index (κ1) is 14.5. The van der Waals surface area contributed by atoms with E-state index in [0.29, 0.717) is 16.3 Å². The van der Waals surface area contributed by atoms with Crippen molar-refractivity contribution in [1.29, 1.82) is 0 Å². The van der Waals surface area contributed by atoms with Crippen LogP contribution >= 0.6 is 11.6 Å². The van der Waals surface area contributed by atoms with Gasteiger partial charge < -0.3 is 10.5 Å². The number of benzene rings is 1. The number of hydrogen-bond acceptors (Lipinski definition) is 4. The van der Waals surface area contributed by atoms with E-state index in [1.54, 1.807) is 18.2 Å². The van der Waals surface area contributed by atoms with E-state index in [1.165, 1.54) is 0 Å². The Labute approximate surface area is 117 Å². The van der Waals surface area contributed by atoms with E-state index in [-0.39, 0.29) is 12.4 Å². The number of rotatable bonds is 3. The summed E-state index contributed by atoms with van der Waals surface area (Å²) in [5, 5.41) is 6.84. The summed E-state index contributed by atoms with van der Waals surface area (Å²) in [6, 6.07) is 6.73. The zero-order valence-electron chi connectivity index (χ0n) is 9.99. The van der Waals surface area contributed by atoms with Crippen LogP contribution in [-0.2, 0) is 12.7 Å². The highest BCUT2D eigenvalue weighted by molar-refractivity contribution is 6.31. The lowest BCUT2D eigenvalue weighted by atomic mass is 10.2. The number of alkyl halides is 3. The van der Waals surface area contributed by atoms with Crippen LogP contribution in [0.5, 0.6) is 11.6 Å². The largest absolute Gasteiger partial charge is 0.437 e. The highest BCUT2D eigenvalue weighted by Crippen LogP contribution is 2.31. The Kier molecular flexibility index (Phi) is 4.10. The third kappa shape index (κ3) is 3.17. The zero-order valence-corrected chi connectivity index (χ0v) is 10.7. The Bertz CT molecular complexity index is 602. The van der Waals surface area contributed by atoms with Gasteiger partial charge >= 0.3 is 6.18 Å². The van der Waals surface area contributed by atoms with Crippen molar-refractivity contribution in [2.45, 2.75) is 12.7 Å². The van der Waals surface area contributed by atoms with Crippen molar-refractivity contribution in [3.05, 3.63) is 46.6 Å². The smallest absolute Gasteiger partial charge is 0.435 e. The van der Waals surface area contributed by atoms with Crippen molar-refractivity contribution in [3.8, 4) is 11.6 Å². The van der Waals surface area contributed by atoms with Gasteiger partial charge in [-0.3, -0.25) is 0 Å². The van der Waals surface area contributed by atoms with Gasteiger partial charge in [-0.25, -0.2) is 0 Å². The van der Waals surface area contributed by atoms with E-state index in [1.807, 2.05) is 0 Å². The molecule has 106 valence electrons. The molecule has 8 heteroatoms. The number of halogens is 4. The summed E-state index contributed by atoms with van der Waals surface area (Å²) in [5.74, 6) is 0.254. The quantitative estimate of drug-likeness (QED) is 0.944. The normalized spacial score (nSPS) is 11.4. The summed E-state index contributed by atoms with van der Waals surface area (Å²) < 4.78 is 42.4. The van der Waals surface area contributed by atoms with Gasteiger partial charge in [0, 0.05) is 23.2 Å². The monoisotopic (exact) mass is 303 g/mol. The summed E-state index contributed by atoms with van der Waals surface area (Å²) in [7, 11) is 0. The molecular weight excluding hydrogens is 295 g/mol. The fourth-order valence-corrected chi connectivity index (χ4v) is 1.71.